The highest BCUT2D eigenvalue weighted by molar-refractivity contribution is 6.44. The molecular formula is C20H29NO3. The second kappa shape index (κ2) is 4.94. The number of ketones is 1. The van der Waals surface area contributed by atoms with Gasteiger partial charge in [0.05, 0.1) is 5.60 Å². The van der Waals surface area contributed by atoms with Crippen LogP contribution in [0.2, 0.25) is 0 Å². The fraction of sp³-hybridized carbons (Fsp3) is 0.800. The molecule has 0 aromatic carbocycles. The molecule has 0 bridgehead atoms. The molecule has 2 N–H and O–H groups in total. The lowest BCUT2D eigenvalue weighted by molar-refractivity contribution is -0.118. The van der Waals surface area contributed by atoms with E-state index in [9.17, 15) is 15.1 Å². The van der Waals surface area contributed by atoms with Gasteiger partial charge in [-0.25, -0.2) is 0 Å². The van der Waals surface area contributed by atoms with E-state index in [1.807, 2.05) is 6.92 Å². The molecule has 0 aliphatic heterocycles. The first-order valence-electron chi connectivity index (χ1n) is 9.42. The number of hydrogen-bond acceptors (Lipinski definition) is 4. The van der Waals surface area contributed by atoms with Crippen molar-refractivity contribution in [2.75, 3.05) is 0 Å². The van der Waals surface area contributed by atoms with Gasteiger partial charge in [-0.2, -0.15) is 0 Å². The zero-order valence-electron chi connectivity index (χ0n) is 15.0. The number of oxime groups is 1. The summed E-state index contributed by atoms with van der Waals surface area (Å²) >= 11 is 0. The van der Waals surface area contributed by atoms with Gasteiger partial charge in [0, 0.05) is 6.42 Å². The predicted molar refractivity (Wildman–Crippen MR) is 91.9 cm³/mol. The lowest BCUT2D eigenvalue weighted by Gasteiger charge is -2.58. The van der Waals surface area contributed by atoms with Crippen LogP contribution in [-0.2, 0) is 4.79 Å². The van der Waals surface area contributed by atoms with Crippen LogP contribution in [0.4, 0.5) is 0 Å². The van der Waals surface area contributed by atoms with Crippen LogP contribution in [0, 0.1) is 28.6 Å². The highest BCUT2D eigenvalue weighted by Gasteiger charge is 2.62. The molecular weight excluding hydrogens is 302 g/mol. The van der Waals surface area contributed by atoms with E-state index >= 15 is 0 Å². The smallest absolute Gasteiger partial charge is 0.203 e. The van der Waals surface area contributed by atoms with Crippen molar-refractivity contribution < 1.29 is 15.1 Å². The van der Waals surface area contributed by atoms with Crippen LogP contribution in [0.25, 0.3) is 0 Å². The summed E-state index contributed by atoms with van der Waals surface area (Å²) in [6.45, 7) is 6.58. The monoisotopic (exact) mass is 331 g/mol. The average Bonchev–Trinajstić information content (AvgIpc) is 2.77. The van der Waals surface area contributed by atoms with E-state index in [-0.39, 0.29) is 16.6 Å². The van der Waals surface area contributed by atoms with Gasteiger partial charge in [-0.1, -0.05) is 24.6 Å². The summed E-state index contributed by atoms with van der Waals surface area (Å²) in [6, 6.07) is 0. The van der Waals surface area contributed by atoms with E-state index in [2.05, 4.69) is 19.0 Å². The van der Waals surface area contributed by atoms with Crippen molar-refractivity contribution in [1.82, 2.24) is 0 Å². The van der Waals surface area contributed by atoms with Gasteiger partial charge in [0.1, 0.15) is 5.71 Å². The SMILES string of the molecule is C[C@]12CC(=NO)C(=O)C=C1CC[C@@H]1[C@@H]2CC[C@@]2(C)[C@H]1CC[C@]2(C)O. The van der Waals surface area contributed by atoms with E-state index in [0.717, 1.165) is 38.5 Å². The Morgan fingerprint density at radius 2 is 1.83 bits per heavy atom. The Morgan fingerprint density at radius 3 is 2.54 bits per heavy atom. The largest absolute Gasteiger partial charge is 0.411 e. The molecule has 4 nitrogen and oxygen atoms in total. The molecule has 4 aliphatic carbocycles. The van der Waals surface area contributed by atoms with Crippen LogP contribution >= 0.6 is 0 Å². The van der Waals surface area contributed by atoms with Crippen LogP contribution in [-0.4, -0.2) is 27.4 Å². The third-order valence-electron chi connectivity index (χ3n) is 8.54. The van der Waals surface area contributed by atoms with Gasteiger partial charge < -0.3 is 10.3 Å². The van der Waals surface area contributed by atoms with Crippen molar-refractivity contribution >= 4 is 11.5 Å². The maximum Gasteiger partial charge on any atom is 0.203 e. The molecule has 0 unspecified atom stereocenters. The molecule has 3 saturated carbocycles. The quantitative estimate of drug-likeness (QED) is 0.525. The Hall–Kier alpha value is -1.16. The average molecular weight is 331 g/mol. The number of fused-ring (bicyclic) bond motifs is 5. The Kier molecular flexibility index (Phi) is 3.36. The van der Waals surface area contributed by atoms with Gasteiger partial charge in [-0.15, -0.1) is 0 Å². The Labute approximate surface area is 144 Å². The molecule has 3 fully saturated rings. The van der Waals surface area contributed by atoms with Crippen molar-refractivity contribution in [3.05, 3.63) is 11.6 Å². The van der Waals surface area contributed by atoms with E-state index in [1.165, 1.54) is 5.57 Å². The van der Waals surface area contributed by atoms with Gasteiger partial charge in [-0.05, 0) is 80.1 Å². The van der Waals surface area contributed by atoms with E-state index in [0.29, 0.717) is 29.9 Å². The molecule has 132 valence electrons. The van der Waals surface area contributed by atoms with Gasteiger partial charge in [0.25, 0.3) is 0 Å². The Bertz CT molecular complexity index is 649. The van der Waals surface area contributed by atoms with Gasteiger partial charge >= 0.3 is 0 Å². The zero-order valence-corrected chi connectivity index (χ0v) is 15.0. The molecule has 6 atom stereocenters. The van der Waals surface area contributed by atoms with E-state index in [4.69, 9.17) is 0 Å². The molecule has 0 aromatic heterocycles. The number of allylic oxidation sites excluding steroid dienone is 1. The van der Waals surface area contributed by atoms with Crippen LogP contribution in [0.1, 0.15) is 65.7 Å². The minimum atomic E-state index is -0.556. The summed E-state index contributed by atoms with van der Waals surface area (Å²) in [7, 11) is 0. The summed E-state index contributed by atoms with van der Waals surface area (Å²) in [4.78, 5) is 12.1. The first-order valence-corrected chi connectivity index (χ1v) is 9.42. The molecule has 4 aliphatic rings. The fourth-order valence-electron chi connectivity index (χ4n) is 6.81. The Morgan fingerprint density at radius 1 is 1.12 bits per heavy atom. The molecule has 24 heavy (non-hydrogen) atoms. The minimum absolute atomic E-state index is 0.0180. The third-order valence-corrected chi connectivity index (χ3v) is 8.54. The molecule has 0 heterocycles. The number of carbonyl (C=O) groups is 1. The number of aliphatic hydroxyl groups is 1. The molecule has 0 radical (unpaired) electrons. The lowest BCUT2D eigenvalue weighted by Crippen LogP contribution is -2.54. The summed E-state index contributed by atoms with van der Waals surface area (Å²) in [6.07, 6.45) is 8.56. The van der Waals surface area contributed by atoms with Crippen molar-refractivity contribution in [2.24, 2.45) is 33.7 Å². The van der Waals surface area contributed by atoms with E-state index in [1.54, 1.807) is 6.08 Å². The summed E-state index contributed by atoms with van der Waals surface area (Å²) in [5.74, 6) is 1.58. The summed E-state index contributed by atoms with van der Waals surface area (Å²) < 4.78 is 0. The van der Waals surface area contributed by atoms with Crippen LogP contribution in [0.5, 0.6) is 0 Å². The number of rotatable bonds is 0. The second-order valence-electron chi connectivity index (χ2n) is 9.36. The van der Waals surface area contributed by atoms with Crippen LogP contribution in [0.3, 0.4) is 0 Å². The highest BCUT2D eigenvalue weighted by atomic mass is 16.4. The van der Waals surface area contributed by atoms with Crippen LogP contribution < -0.4 is 0 Å². The van der Waals surface area contributed by atoms with Gasteiger partial charge in [0.2, 0.25) is 5.78 Å². The topological polar surface area (TPSA) is 69.9 Å². The fourth-order valence-corrected chi connectivity index (χ4v) is 6.81. The van der Waals surface area contributed by atoms with Crippen molar-refractivity contribution in [3.8, 4) is 0 Å². The lowest BCUT2D eigenvalue weighted by atomic mass is 9.46. The first kappa shape index (κ1) is 16.3. The molecule has 4 rings (SSSR count). The zero-order chi connectivity index (χ0) is 17.3. The minimum Gasteiger partial charge on any atom is -0.411 e. The molecule has 0 amide bonds. The highest BCUT2D eigenvalue weighted by Crippen LogP contribution is 2.67. The van der Waals surface area contributed by atoms with Crippen molar-refractivity contribution in [1.29, 1.82) is 0 Å². The first-order chi connectivity index (χ1) is 11.2. The molecule has 4 heteroatoms. The normalized spacial score (nSPS) is 52.5. The number of carbonyl (C=O) groups excluding carboxylic acids is 1. The maximum absolute atomic E-state index is 12.1. The van der Waals surface area contributed by atoms with Crippen molar-refractivity contribution in [3.63, 3.8) is 0 Å². The second-order valence-corrected chi connectivity index (χ2v) is 9.36. The molecule has 0 spiro atoms. The summed E-state index contributed by atoms with van der Waals surface area (Å²) in [5.41, 5.74) is 0.973. The standard InChI is InChI=1S/C20H29NO3/c1-18-11-16(21-24)17(22)10-12(18)4-5-13-14(18)6-8-19(2)15(13)7-9-20(19,3)23/h10,13-15,23-24H,4-9,11H2,1-3H3/t13-,14+,15+,18+,19+,20+/m1/s1. The maximum atomic E-state index is 12.1. The van der Waals surface area contributed by atoms with Gasteiger partial charge in [0.15, 0.2) is 0 Å². The predicted octanol–water partition coefficient (Wildman–Crippen LogP) is 3.71. The Balaban J connectivity index is 1.72. The van der Waals surface area contributed by atoms with Crippen molar-refractivity contribution in [2.45, 2.75) is 71.3 Å². The summed E-state index contributed by atoms with van der Waals surface area (Å²) in [5, 5.41) is 23.5. The number of hydrogen-bond donors (Lipinski definition) is 2. The van der Waals surface area contributed by atoms with E-state index < -0.39 is 5.60 Å². The third kappa shape index (κ3) is 1.89. The van der Waals surface area contributed by atoms with Crippen LogP contribution in [0.15, 0.2) is 16.8 Å². The van der Waals surface area contributed by atoms with Gasteiger partial charge in [-0.3, -0.25) is 4.79 Å². The molecule has 0 saturated heterocycles. The molecule has 0 aromatic rings. The number of nitrogens with zero attached hydrogens (tertiary/aromatic N) is 1.